The molecule has 0 radical (unpaired) electrons. The van der Waals surface area contributed by atoms with E-state index in [4.69, 9.17) is 15.2 Å². The number of benzene rings is 2. The van der Waals surface area contributed by atoms with Gasteiger partial charge in [0.2, 0.25) is 23.4 Å². The first-order valence-corrected chi connectivity index (χ1v) is 9.97. The molecule has 0 atom stereocenters. The highest BCUT2D eigenvalue weighted by Crippen LogP contribution is 2.35. The molecule has 0 saturated carbocycles. The second-order valence-corrected chi connectivity index (χ2v) is 7.43. The lowest BCUT2D eigenvalue weighted by Crippen LogP contribution is -2.17. The molecule has 35 heavy (non-hydrogen) atoms. The number of halogens is 5. The Balaban J connectivity index is 1.97. The van der Waals surface area contributed by atoms with Gasteiger partial charge in [-0.3, -0.25) is 9.59 Å². The Bertz CT molecular complexity index is 1260. The summed E-state index contributed by atoms with van der Waals surface area (Å²) in [5.41, 5.74) is 3.40. The van der Waals surface area contributed by atoms with Crippen LogP contribution in [-0.2, 0) is 6.18 Å². The van der Waals surface area contributed by atoms with Crippen molar-refractivity contribution >= 4 is 17.5 Å². The standard InChI is InChI=1S/C23H18F5N3O4/c1-11(2)34-16-7-8-17(19(25)18(16)24)35-22-15(9-13(10-30-22)23(26,27)28)21(33)31-14-5-3-12(4-6-14)20(29)32/h3-11H,1-2H3,(H2,29,32)(H,31,33). The van der Waals surface area contributed by atoms with Gasteiger partial charge in [-0.2, -0.15) is 22.0 Å². The van der Waals surface area contributed by atoms with E-state index in [1.165, 1.54) is 24.3 Å². The van der Waals surface area contributed by atoms with Crippen LogP contribution in [0.4, 0.5) is 27.6 Å². The van der Waals surface area contributed by atoms with Crippen molar-refractivity contribution in [1.29, 1.82) is 0 Å². The first-order valence-electron chi connectivity index (χ1n) is 9.97. The largest absolute Gasteiger partial charge is 0.488 e. The van der Waals surface area contributed by atoms with Crippen molar-refractivity contribution in [2.75, 3.05) is 5.32 Å². The molecule has 184 valence electrons. The molecule has 1 heterocycles. The molecule has 7 nitrogen and oxygen atoms in total. The first kappa shape index (κ1) is 25.4. The Hall–Kier alpha value is -4.22. The third-order valence-electron chi connectivity index (χ3n) is 4.43. The van der Waals surface area contributed by atoms with E-state index < -0.39 is 64.2 Å². The maximum Gasteiger partial charge on any atom is 0.417 e. The molecule has 2 aromatic carbocycles. The van der Waals surface area contributed by atoms with E-state index in [9.17, 15) is 31.5 Å². The predicted molar refractivity (Wildman–Crippen MR) is 114 cm³/mol. The number of aromatic nitrogens is 1. The molecule has 0 aliphatic rings. The number of nitrogens with one attached hydrogen (secondary N) is 1. The topological polar surface area (TPSA) is 104 Å². The van der Waals surface area contributed by atoms with Crippen LogP contribution in [0.3, 0.4) is 0 Å². The van der Waals surface area contributed by atoms with Crippen LogP contribution in [0.5, 0.6) is 17.4 Å². The summed E-state index contributed by atoms with van der Waals surface area (Å²) < 4.78 is 78.8. The zero-order valence-electron chi connectivity index (χ0n) is 18.2. The highest BCUT2D eigenvalue weighted by molar-refractivity contribution is 6.06. The summed E-state index contributed by atoms with van der Waals surface area (Å²) in [7, 11) is 0. The summed E-state index contributed by atoms with van der Waals surface area (Å²) in [5.74, 6) is -6.53. The third-order valence-corrected chi connectivity index (χ3v) is 4.43. The molecule has 0 saturated heterocycles. The molecule has 0 aliphatic carbocycles. The van der Waals surface area contributed by atoms with E-state index in [2.05, 4.69) is 10.3 Å². The van der Waals surface area contributed by atoms with Crippen LogP contribution in [0.25, 0.3) is 0 Å². The second kappa shape index (κ2) is 9.95. The van der Waals surface area contributed by atoms with Gasteiger partial charge in [-0.25, -0.2) is 4.98 Å². The molecular weight excluding hydrogens is 477 g/mol. The number of hydrogen-bond acceptors (Lipinski definition) is 5. The van der Waals surface area contributed by atoms with Gasteiger partial charge < -0.3 is 20.5 Å². The van der Waals surface area contributed by atoms with Gasteiger partial charge in [0.05, 0.1) is 11.7 Å². The number of carbonyl (C=O) groups excluding carboxylic acids is 2. The lowest BCUT2D eigenvalue weighted by molar-refractivity contribution is -0.137. The molecule has 2 amide bonds. The fourth-order valence-electron chi connectivity index (χ4n) is 2.81. The smallest absolute Gasteiger partial charge is 0.417 e. The summed E-state index contributed by atoms with van der Waals surface area (Å²) in [6.45, 7) is 3.19. The SMILES string of the molecule is CC(C)Oc1ccc(Oc2ncc(C(F)(F)F)cc2C(=O)Nc2ccc(C(N)=O)cc2)c(F)c1F. The quantitative estimate of drug-likeness (QED) is 0.433. The minimum Gasteiger partial charge on any atom is -0.488 e. The number of primary amides is 1. The first-order chi connectivity index (χ1) is 16.4. The van der Waals surface area contributed by atoms with Gasteiger partial charge in [0.15, 0.2) is 11.5 Å². The zero-order chi connectivity index (χ0) is 25.9. The summed E-state index contributed by atoms with van der Waals surface area (Å²) in [5, 5.41) is 2.32. The summed E-state index contributed by atoms with van der Waals surface area (Å²) in [6, 6.07) is 7.68. The number of nitrogens with two attached hydrogens (primary N) is 1. The van der Waals surface area contributed by atoms with Crippen LogP contribution in [0.1, 0.15) is 40.1 Å². The minimum atomic E-state index is -4.85. The van der Waals surface area contributed by atoms with Crippen LogP contribution >= 0.6 is 0 Å². The molecule has 12 heteroatoms. The Kier molecular flexibility index (Phi) is 7.22. The fraction of sp³-hybridized carbons (Fsp3) is 0.174. The molecular formula is C23H18F5N3O4. The number of hydrogen-bond donors (Lipinski definition) is 2. The van der Waals surface area contributed by atoms with Gasteiger partial charge in [0, 0.05) is 17.4 Å². The van der Waals surface area contributed by atoms with Crippen LogP contribution in [-0.4, -0.2) is 22.9 Å². The summed E-state index contributed by atoms with van der Waals surface area (Å²) >= 11 is 0. The maximum atomic E-state index is 14.5. The predicted octanol–water partition coefficient (Wildman–Crippen LogP) is 5.31. The number of pyridine rings is 1. The average Bonchev–Trinajstić information content (AvgIpc) is 2.78. The summed E-state index contributed by atoms with van der Waals surface area (Å²) in [4.78, 5) is 27.4. The van der Waals surface area contributed by atoms with E-state index in [0.717, 1.165) is 12.1 Å². The van der Waals surface area contributed by atoms with Crippen molar-refractivity contribution in [2.24, 2.45) is 5.73 Å². The van der Waals surface area contributed by atoms with E-state index in [1.54, 1.807) is 13.8 Å². The van der Waals surface area contributed by atoms with Gasteiger partial charge in [-0.05, 0) is 56.3 Å². The Morgan fingerprint density at radius 1 is 1.00 bits per heavy atom. The third kappa shape index (κ3) is 6.02. The van der Waals surface area contributed by atoms with Crippen molar-refractivity contribution in [1.82, 2.24) is 4.98 Å². The van der Waals surface area contributed by atoms with Crippen molar-refractivity contribution in [3.8, 4) is 17.4 Å². The van der Waals surface area contributed by atoms with Crippen LogP contribution in [0.2, 0.25) is 0 Å². The van der Waals surface area contributed by atoms with Gasteiger partial charge in [0.25, 0.3) is 5.91 Å². The normalized spacial score (nSPS) is 11.3. The van der Waals surface area contributed by atoms with Gasteiger partial charge in [-0.15, -0.1) is 0 Å². The lowest BCUT2D eigenvalue weighted by Gasteiger charge is -2.15. The van der Waals surface area contributed by atoms with Gasteiger partial charge in [0.1, 0.15) is 5.56 Å². The molecule has 3 rings (SSSR count). The Labute approximate surface area is 195 Å². The molecule has 3 aromatic rings. The highest BCUT2D eigenvalue weighted by Gasteiger charge is 2.33. The molecule has 3 N–H and O–H groups in total. The number of nitrogens with zero attached hydrogens (tertiary/aromatic N) is 1. The number of alkyl halides is 3. The Morgan fingerprint density at radius 3 is 2.17 bits per heavy atom. The Morgan fingerprint density at radius 2 is 1.60 bits per heavy atom. The molecule has 1 aromatic heterocycles. The van der Waals surface area contributed by atoms with Crippen LogP contribution < -0.4 is 20.5 Å². The lowest BCUT2D eigenvalue weighted by atomic mass is 10.1. The van der Waals surface area contributed by atoms with Crippen molar-refractivity contribution in [3.05, 3.63) is 77.0 Å². The van der Waals surface area contributed by atoms with E-state index in [0.29, 0.717) is 12.3 Å². The van der Waals surface area contributed by atoms with Crippen LogP contribution in [0.15, 0.2) is 48.7 Å². The number of rotatable bonds is 7. The summed E-state index contributed by atoms with van der Waals surface area (Å²) in [6.07, 6.45) is -4.92. The van der Waals surface area contributed by atoms with Crippen molar-refractivity contribution < 1.29 is 41.0 Å². The molecule has 0 aliphatic heterocycles. The number of ether oxygens (including phenoxy) is 2. The number of anilines is 1. The van der Waals surface area contributed by atoms with E-state index in [1.807, 2.05) is 0 Å². The van der Waals surface area contributed by atoms with E-state index >= 15 is 0 Å². The molecule has 0 bridgehead atoms. The van der Waals surface area contributed by atoms with Crippen molar-refractivity contribution in [3.63, 3.8) is 0 Å². The average molecular weight is 495 g/mol. The number of carbonyl (C=O) groups is 2. The van der Waals surface area contributed by atoms with Crippen molar-refractivity contribution in [2.45, 2.75) is 26.1 Å². The second-order valence-electron chi connectivity index (χ2n) is 7.43. The maximum absolute atomic E-state index is 14.5. The number of amides is 2. The highest BCUT2D eigenvalue weighted by atomic mass is 19.4. The minimum absolute atomic E-state index is 0.107. The molecule has 0 spiro atoms. The van der Waals surface area contributed by atoms with Crippen LogP contribution in [0, 0.1) is 11.6 Å². The van der Waals surface area contributed by atoms with E-state index in [-0.39, 0.29) is 11.3 Å². The molecule has 0 unspecified atom stereocenters. The zero-order valence-corrected chi connectivity index (χ0v) is 18.2. The monoisotopic (exact) mass is 495 g/mol. The van der Waals surface area contributed by atoms with Gasteiger partial charge in [-0.1, -0.05) is 0 Å². The molecule has 0 fully saturated rings. The fourth-order valence-corrected chi connectivity index (χ4v) is 2.81. The van der Waals surface area contributed by atoms with Gasteiger partial charge >= 0.3 is 6.18 Å².